The molecule has 0 unspecified atom stereocenters. The van der Waals surface area contributed by atoms with Crippen molar-refractivity contribution >= 4 is 40.8 Å². The molecule has 3 rings (SSSR count). The van der Waals surface area contributed by atoms with E-state index in [0.29, 0.717) is 40.3 Å². The number of carbonyl (C=O) groups excluding carboxylic acids is 3. The van der Waals surface area contributed by atoms with Crippen LogP contribution in [0.25, 0.3) is 0 Å². The number of ether oxygens (including phenoxy) is 3. The second-order valence-corrected chi connectivity index (χ2v) is 7.70. The quantitative estimate of drug-likeness (QED) is 0.343. The number of para-hydroxylation sites is 2. The molecule has 0 saturated carbocycles. The second-order valence-electron chi connectivity index (χ2n) is 7.27. The van der Waals surface area contributed by atoms with E-state index in [4.69, 9.17) is 25.8 Å². The van der Waals surface area contributed by atoms with Crippen LogP contribution in [0.15, 0.2) is 72.8 Å². The van der Waals surface area contributed by atoms with Crippen molar-refractivity contribution in [3.63, 3.8) is 0 Å². The number of amides is 2. The third kappa shape index (κ3) is 8.68. The Morgan fingerprint density at radius 1 is 0.800 bits per heavy atom. The number of benzene rings is 3. The molecular formula is C26H25ClN2O6. The molecule has 0 atom stereocenters. The number of nitrogens with one attached hydrogen (secondary N) is 2. The maximum atomic E-state index is 12.1. The highest BCUT2D eigenvalue weighted by molar-refractivity contribution is 6.30. The molecule has 0 saturated heterocycles. The van der Waals surface area contributed by atoms with E-state index >= 15 is 0 Å². The van der Waals surface area contributed by atoms with E-state index < -0.39 is 18.5 Å². The van der Waals surface area contributed by atoms with Crippen LogP contribution in [-0.2, 0) is 19.1 Å². The van der Waals surface area contributed by atoms with Crippen molar-refractivity contribution in [2.45, 2.75) is 19.8 Å². The summed E-state index contributed by atoms with van der Waals surface area (Å²) in [5.74, 6) is 0.239. The fraction of sp³-hybridized carbons (Fsp3) is 0.192. The van der Waals surface area contributed by atoms with Crippen LogP contribution in [0.5, 0.6) is 17.2 Å². The van der Waals surface area contributed by atoms with E-state index in [2.05, 4.69) is 10.6 Å². The summed E-state index contributed by atoms with van der Waals surface area (Å²) >= 11 is 5.86. The first-order valence-corrected chi connectivity index (χ1v) is 11.3. The molecule has 35 heavy (non-hydrogen) atoms. The lowest BCUT2D eigenvalue weighted by molar-refractivity contribution is -0.147. The number of hydrogen-bond acceptors (Lipinski definition) is 6. The summed E-state index contributed by atoms with van der Waals surface area (Å²) in [4.78, 5) is 36.2. The molecular weight excluding hydrogens is 472 g/mol. The van der Waals surface area contributed by atoms with E-state index in [1.165, 1.54) is 0 Å². The predicted molar refractivity (Wildman–Crippen MR) is 133 cm³/mol. The third-order valence-electron chi connectivity index (χ3n) is 4.57. The van der Waals surface area contributed by atoms with Crippen molar-refractivity contribution in [1.82, 2.24) is 0 Å². The van der Waals surface area contributed by atoms with E-state index in [-0.39, 0.29) is 18.7 Å². The van der Waals surface area contributed by atoms with Crippen molar-refractivity contribution in [3.05, 3.63) is 77.8 Å². The molecule has 0 aromatic heterocycles. The van der Waals surface area contributed by atoms with Crippen molar-refractivity contribution in [3.8, 4) is 17.2 Å². The molecule has 9 heteroatoms. The summed E-state index contributed by atoms with van der Waals surface area (Å²) in [6.45, 7) is 1.82. The largest absolute Gasteiger partial charge is 0.492 e. The Hall–Kier alpha value is -4.04. The Kier molecular flexibility index (Phi) is 9.50. The lowest BCUT2D eigenvalue weighted by atomic mass is 10.2. The first kappa shape index (κ1) is 25.6. The molecule has 0 aliphatic carbocycles. The van der Waals surface area contributed by atoms with Gasteiger partial charge in [0.25, 0.3) is 5.91 Å². The normalized spacial score (nSPS) is 10.2. The Labute approximate surface area is 208 Å². The lowest BCUT2D eigenvalue weighted by Gasteiger charge is -2.11. The van der Waals surface area contributed by atoms with Crippen LogP contribution in [0.3, 0.4) is 0 Å². The average molecular weight is 497 g/mol. The molecule has 0 radical (unpaired) electrons. The van der Waals surface area contributed by atoms with Crippen LogP contribution >= 0.6 is 11.6 Å². The van der Waals surface area contributed by atoms with E-state index in [1.807, 2.05) is 6.92 Å². The number of halogens is 1. The molecule has 3 aromatic rings. The number of carbonyl (C=O) groups is 3. The van der Waals surface area contributed by atoms with Crippen molar-refractivity contribution in [2.75, 3.05) is 23.8 Å². The highest BCUT2D eigenvalue weighted by atomic mass is 35.5. The molecule has 0 aliphatic heterocycles. The number of rotatable bonds is 11. The highest BCUT2D eigenvalue weighted by Crippen LogP contribution is 2.25. The minimum absolute atomic E-state index is 0.0867. The van der Waals surface area contributed by atoms with Crippen molar-refractivity contribution < 1.29 is 28.6 Å². The van der Waals surface area contributed by atoms with Gasteiger partial charge in [0.1, 0.15) is 17.2 Å². The smallest absolute Gasteiger partial charge is 0.306 e. The van der Waals surface area contributed by atoms with Gasteiger partial charge in [-0.1, -0.05) is 23.7 Å². The SMILES string of the molecule is CCOc1ccccc1NC(=O)COC(=O)CCC(=O)Nc1ccc(Oc2ccc(Cl)cc2)cc1. The molecule has 8 nitrogen and oxygen atoms in total. The zero-order chi connectivity index (χ0) is 25.0. The van der Waals surface area contributed by atoms with Crippen LogP contribution < -0.4 is 20.1 Å². The van der Waals surface area contributed by atoms with Crippen molar-refractivity contribution in [1.29, 1.82) is 0 Å². The van der Waals surface area contributed by atoms with E-state index in [1.54, 1.807) is 72.8 Å². The van der Waals surface area contributed by atoms with E-state index in [0.717, 1.165) is 0 Å². The van der Waals surface area contributed by atoms with Crippen LogP contribution in [0.1, 0.15) is 19.8 Å². The van der Waals surface area contributed by atoms with Crippen LogP contribution in [0, 0.1) is 0 Å². The molecule has 2 N–H and O–H groups in total. The van der Waals surface area contributed by atoms with Gasteiger partial charge in [0.05, 0.1) is 18.7 Å². The first-order valence-electron chi connectivity index (χ1n) is 10.9. The van der Waals surface area contributed by atoms with Crippen LogP contribution in [0.4, 0.5) is 11.4 Å². The highest BCUT2D eigenvalue weighted by Gasteiger charge is 2.12. The molecule has 0 spiro atoms. The Bertz CT molecular complexity index is 1150. The van der Waals surface area contributed by atoms with Gasteiger partial charge in [0.2, 0.25) is 5.91 Å². The van der Waals surface area contributed by atoms with Gasteiger partial charge in [-0.2, -0.15) is 0 Å². The Morgan fingerprint density at radius 2 is 1.46 bits per heavy atom. The molecule has 182 valence electrons. The molecule has 0 fully saturated rings. The van der Waals surface area contributed by atoms with Crippen molar-refractivity contribution in [2.24, 2.45) is 0 Å². The van der Waals surface area contributed by atoms with Gasteiger partial charge >= 0.3 is 5.97 Å². The summed E-state index contributed by atoms with van der Waals surface area (Å²) in [6.07, 6.45) is -0.247. The van der Waals surface area contributed by atoms with Crippen LogP contribution in [0.2, 0.25) is 5.02 Å². The number of esters is 1. The van der Waals surface area contributed by atoms with Gasteiger partial charge in [0.15, 0.2) is 6.61 Å². The monoisotopic (exact) mass is 496 g/mol. The zero-order valence-corrected chi connectivity index (χ0v) is 19.8. The van der Waals surface area contributed by atoms with Gasteiger partial charge in [-0.05, 0) is 67.6 Å². The maximum absolute atomic E-state index is 12.1. The molecule has 0 heterocycles. The fourth-order valence-electron chi connectivity index (χ4n) is 2.94. The molecule has 0 bridgehead atoms. The van der Waals surface area contributed by atoms with Gasteiger partial charge < -0.3 is 24.8 Å². The standard InChI is InChI=1S/C26H25ClN2O6/c1-2-33-23-6-4-3-5-22(23)29-25(31)17-34-26(32)16-15-24(30)28-19-9-13-21(14-10-19)35-20-11-7-18(27)8-12-20/h3-14H,2,15-17H2,1H3,(H,28,30)(H,29,31). The molecule has 3 aromatic carbocycles. The first-order chi connectivity index (χ1) is 16.9. The summed E-state index contributed by atoms with van der Waals surface area (Å²) in [7, 11) is 0. The fourth-order valence-corrected chi connectivity index (χ4v) is 3.07. The van der Waals surface area contributed by atoms with Gasteiger partial charge in [-0.25, -0.2) is 0 Å². The minimum atomic E-state index is -0.653. The average Bonchev–Trinajstić information content (AvgIpc) is 2.85. The molecule has 2 amide bonds. The third-order valence-corrected chi connectivity index (χ3v) is 4.82. The zero-order valence-electron chi connectivity index (χ0n) is 19.1. The summed E-state index contributed by atoms with van der Waals surface area (Å²) in [5.41, 5.74) is 1.04. The number of hydrogen-bond donors (Lipinski definition) is 2. The van der Waals surface area contributed by atoms with Gasteiger partial charge in [-0.15, -0.1) is 0 Å². The van der Waals surface area contributed by atoms with Gasteiger partial charge in [-0.3, -0.25) is 14.4 Å². The summed E-state index contributed by atoms with van der Waals surface area (Å²) in [6, 6.07) is 20.7. The van der Waals surface area contributed by atoms with E-state index in [9.17, 15) is 14.4 Å². The molecule has 0 aliphatic rings. The summed E-state index contributed by atoms with van der Waals surface area (Å²) < 4.78 is 16.1. The topological polar surface area (TPSA) is 103 Å². The second kappa shape index (κ2) is 13.0. The van der Waals surface area contributed by atoms with Gasteiger partial charge in [0, 0.05) is 17.1 Å². The minimum Gasteiger partial charge on any atom is -0.492 e. The van der Waals surface area contributed by atoms with Crippen LogP contribution in [-0.4, -0.2) is 31.0 Å². The maximum Gasteiger partial charge on any atom is 0.306 e. The predicted octanol–water partition coefficient (Wildman–Crippen LogP) is 5.43. The number of anilines is 2. The lowest BCUT2D eigenvalue weighted by Crippen LogP contribution is -2.22. The Morgan fingerprint density at radius 3 is 2.14 bits per heavy atom. The summed E-state index contributed by atoms with van der Waals surface area (Å²) in [5, 5.41) is 5.95. The Balaban J connectivity index is 1.37.